The van der Waals surface area contributed by atoms with Gasteiger partial charge in [-0.3, -0.25) is 14.5 Å². The van der Waals surface area contributed by atoms with E-state index in [1.165, 1.54) is 14.0 Å². The molecule has 0 spiro atoms. The zero-order valence-electron chi connectivity index (χ0n) is 18.4. The molecule has 0 atom stereocenters. The molecular weight excluding hydrogens is 571 g/mol. The van der Waals surface area contributed by atoms with E-state index in [4.69, 9.17) is 16.3 Å². The third-order valence-electron chi connectivity index (χ3n) is 5.44. The average molecular weight is 593 g/mol. The van der Waals surface area contributed by atoms with Crippen LogP contribution in [0.5, 0.6) is 5.75 Å². The van der Waals surface area contributed by atoms with Crippen molar-refractivity contribution in [2.24, 2.45) is 0 Å². The number of halogens is 2. The molecule has 1 aliphatic rings. The molecule has 3 aromatic rings. The van der Waals surface area contributed by atoms with E-state index >= 15 is 0 Å². The predicted molar refractivity (Wildman–Crippen MR) is 142 cm³/mol. The van der Waals surface area contributed by atoms with Crippen LogP contribution in [0.4, 0.5) is 4.79 Å². The van der Waals surface area contributed by atoms with Gasteiger partial charge in [-0.05, 0) is 109 Å². The van der Waals surface area contributed by atoms with Gasteiger partial charge in [-0.25, -0.2) is 0 Å². The van der Waals surface area contributed by atoms with E-state index in [9.17, 15) is 9.59 Å². The van der Waals surface area contributed by atoms with Gasteiger partial charge in [0.05, 0.1) is 16.5 Å². The van der Waals surface area contributed by atoms with Gasteiger partial charge >= 0.3 is 0 Å². The molecule has 0 N–H and O–H groups in total. The van der Waals surface area contributed by atoms with Crippen LogP contribution in [-0.2, 0) is 4.79 Å². The minimum Gasteiger partial charge on any atom is -0.490 e. The fraction of sp³-hybridized carbons (Fsp3) is 0.200. The van der Waals surface area contributed by atoms with Gasteiger partial charge in [-0.15, -0.1) is 0 Å². The second-order valence-corrected chi connectivity index (χ2v) is 10.3. The summed E-state index contributed by atoms with van der Waals surface area (Å²) >= 11 is 9.37. The van der Waals surface area contributed by atoms with E-state index in [0.29, 0.717) is 15.7 Å². The second kappa shape index (κ2) is 9.95. The molecule has 1 saturated heterocycles. The summed E-state index contributed by atoms with van der Waals surface area (Å²) < 4.78 is 9.02. The molecule has 0 radical (unpaired) electrons. The largest absolute Gasteiger partial charge is 0.490 e. The molecule has 4 rings (SSSR count). The van der Waals surface area contributed by atoms with Crippen molar-refractivity contribution in [3.63, 3.8) is 0 Å². The molecule has 5 nitrogen and oxygen atoms in total. The van der Waals surface area contributed by atoms with Gasteiger partial charge in [0.1, 0.15) is 12.4 Å². The smallest absolute Gasteiger partial charge is 0.293 e. The Kier molecular flexibility index (Phi) is 7.21. The highest BCUT2D eigenvalue weighted by atomic mass is 127. The van der Waals surface area contributed by atoms with Crippen molar-refractivity contribution in [2.45, 2.75) is 20.8 Å². The Labute approximate surface area is 215 Å². The van der Waals surface area contributed by atoms with Crippen LogP contribution in [0.15, 0.2) is 53.4 Å². The molecule has 170 valence electrons. The SMILES string of the molecule is Cc1cc(-n2c(C)cc(/C=C3\SC(=O)N(CCOc4ccccc4Cl)C3=O)c2C)ccc1I. The number of amides is 2. The number of imide groups is 1. The van der Waals surface area contributed by atoms with Gasteiger partial charge in [-0.2, -0.15) is 0 Å². The number of rotatable bonds is 6. The van der Waals surface area contributed by atoms with E-state index in [1.54, 1.807) is 18.2 Å². The third-order valence-corrected chi connectivity index (χ3v) is 7.87. The number of para-hydroxylation sites is 1. The molecule has 0 saturated carbocycles. The van der Waals surface area contributed by atoms with Crippen LogP contribution in [0, 0.1) is 24.3 Å². The number of carbonyl (C=O) groups is 2. The molecular formula is C25H22ClIN2O3S. The Bertz CT molecular complexity index is 1280. The number of nitrogens with zero attached hydrogens (tertiary/aromatic N) is 2. The summed E-state index contributed by atoms with van der Waals surface area (Å²) in [5.41, 5.74) is 5.28. The molecule has 1 fully saturated rings. The van der Waals surface area contributed by atoms with Gasteiger partial charge in [-0.1, -0.05) is 23.7 Å². The molecule has 2 amide bonds. The van der Waals surface area contributed by atoms with E-state index < -0.39 is 0 Å². The van der Waals surface area contributed by atoms with Crippen LogP contribution in [0.25, 0.3) is 11.8 Å². The Morgan fingerprint density at radius 2 is 1.85 bits per heavy atom. The van der Waals surface area contributed by atoms with Gasteiger partial charge in [0.25, 0.3) is 11.1 Å². The number of hydrogen-bond acceptors (Lipinski definition) is 4. The standard InChI is InChI=1S/C25H22ClIN2O3S/c1-15-12-19(8-9-21(15)27)29-16(2)13-18(17(29)3)14-23-24(30)28(25(31)33-23)10-11-32-22-7-5-4-6-20(22)26/h4-9,12-14H,10-11H2,1-3H3/b23-14-. The molecule has 2 heterocycles. The summed E-state index contributed by atoms with van der Waals surface area (Å²) in [7, 11) is 0. The van der Waals surface area contributed by atoms with Crippen molar-refractivity contribution in [3.8, 4) is 11.4 Å². The van der Waals surface area contributed by atoms with Crippen LogP contribution in [0.3, 0.4) is 0 Å². The lowest BCUT2D eigenvalue weighted by Crippen LogP contribution is -2.32. The lowest BCUT2D eigenvalue weighted by Gasteiger charge is -2.13. The van der Waals surface area contributed by atoms with Crippen molar-refractivity contribution < 1.29 is 14.3 Å². The van der Waals surface area contributed by atoms with Gasteiger partial charge < -0.3 is 9.30 Å². The number of thioether (sulfide) groups is 1. The fourth-order valence-electron chi connectivity index (χ4n) is 3.74. The first-order valence-electron chi connectivity index (χ1n) is 10.3. The van der Waals surface area contributed by atoms with Crippen molar-refractivity contribution >= 4 is 63.2 Å². The topological polar surface area (TPSA) is 51.5 Å². The molecule has 0 bridgehead atoms. The number of aromatic nitrogens is 1. The van der Waals surface area contributed by atoms with Crippen molar-refractivity contribution in [2.75, 3.05) is 13.2 Å². The lowest BCUT2D eigenvalue weighted by molar-refractivity contribution is -0.123. The zero-order chi connectivity index (χ0) is 23.7. The average Bonchev–Trinajstić information content (AvgIpc) is 3.20. The number of aryl methyl sites for hydroxylation is 2. The first-order valence-corrected chi connectivity index (χ1v) is 12.6. The second-order valence-electron chi connectivity index (χ2n) is 7.71. The summed E-state index contributed by atoms with van der Waals surface area (Å²) in [6, 6.07) is 15.5. The van der Waals surface area contributed by atoms with Crippen LogP contribution >= 0.6 is 46.0 Å². The van der Waals surface area contributed by atoms with Crippen LogP contribution in [-0.4, -0.2) is 33.8 Å². The maximum atomic E-state index is 12.9. The zero-order valence-corrected chi connectivity index (χ0v) is 22.1. The molecule has 2 aromatic carbocycles. The molecule has 1 aromatic heterocycles. The Balaban J connectivity index is 1.51. The molecule has 0 aliphatic carbocycles. The highest BCUT2D eigenvalue weighted by Gasteiger charge is 2.35. The molecule has 0 unspecified atom stereocenters. The quantitative estimate of drug-likeness (QED) is 0.234. The maximum Gasteiger partial charge on any atom is 0.293 e. The summed E-state index contributed by atoms with van der Waals surface area (Å²) in [5, 5.41) is 0.196. The third kappa shape index (κ3) is 5.00. The Hall–Kier alpha value is -2.23. The summed E-state index contributed by atoms with van der Waals surface area (Å²) in [5.74, 6) is 0.225. The minimum atomic E-state index is -0.303. The first kappa shape index (κ1) is 23.9. The van der Waals surface area contributed by atoms with Crippen LogP contribution in [0.2, 0.25) is 5.02 Å². The van der Waals surface area contributed by atoms with E-state index in [0.717, 1.165) is 34.4 Å². The summed E-state index contributed by atoms with van der Waals surface area (Å²) in [6.07, 6.45) is 1.80. The number of hydrogen-bond donors (Lipinski definition) is 0. The highest BCUT2D eigenvalue weighted by molar-refractivity contribution is 14.1. The Morgan fingerprint density at radius 1 is 1.09 bits per heavy atom. The van der Waals surface area contributed by atoms with Crippen molar-refractivity contribution in [3.05, 3.63) is 84.5 Å². The predicted octanol–water partition coefficient (Wildman–Crippen LogP) is 6.78. The normalized spacial score (nSPS) is 15.1. The number of benzene rings is 2. The van der Waals surface area contributed by atoms with Gasteiger partial charge in [0, 0.05) is 20.6 Å². The van der Waals surface area contributed by atoms with Gasteiger partial charge in [0.15, 0.2) is 0 Å². The fourth-order valence-corrected chi connectivity index (χ4v) is 5.12. The molecule has 33 heavy (non-hydrogen) atoms. The summed E-state index contributed by atoms with van der Waals surface area (Å²) in [4.78, 5) is 27.0. The molecule has 8 heteroatoms. The minimum absolute atomic E-state index is 0.161. The maximum absolute atomic E-state index is 12.9. The van der Waals surface area contributed by atoms with E-state index in [1.807, 2.05) is 32.0 Å². The lowest BCUT2D eigenvalue weighted by atomic mass is 10.2. The molecule has 1 aliphatic heterocycles. The monoisotopic (exact) mass is 592 g/mol. The number of ether oxygens (including phenoxy) is 1. The first-order chi connectivity index (χ1) is 15.8. The van der Waals surface area contributed by atoms with E-state index in [2.05, 4.69) is 52.3 Å². The van der Waals surface area contributed by atoms with Gasteiger partial charge in [0.2, 0.25) is 0 Å². The van der Waals surface area contributed by atoms with E-state index in [-0.39, 0.29) is 24.3 Å². The Morgan fingerprint density at radius 3 is 2.58 bits per heavy atom. The number of carbonyl (C=O) groups excluding carboxylic acids is 2. The summed E-state index contributed by atoms with van der Waals surface area (Å²) in [6.45, 7) is 6.49. The van der Waals surface area contributed by atoms with Crippen molar-refractivity contribution in [1.29, 1.82) is 0 Å². The van der Waals surface area contributed by atoms with Crippen LogP contribution < -0.4 is 4.74 Å². The van der Waals surface area contributed by atoms with Crippen LogP contribution in [0.1, 0.15) is 22.5 Å². The van der Waals surface area contributed by atoms with Crippen molar-refractivity contribution in [1.82, 2.24) is 9.47 Å². The highest BCUT2D eigenvalue weighted by Crippen LogP contribution is 2.34.